The summed E-state index contributed by atoms with van der Waals surface area (Å²) in [6.45, 7) is 2.86. The lowest BCUT2D eigenvalue weighted by molar-refractivity contribution is 0.0860. The highest BCUT2D eigenvalue weighted by molar-refractivity contribution is 7.12. The van der Waals surface area contributed by atoms with Crippen molar-refractivity contribution in [1.29, 1.82) is 0 Å². The molecule has 0 radical (unpaired) electrons. The van der Waals surface area contributed by atoms with Crippen molar-refractivity contribution in [3.05, 3.63) is 21.9 Å². The van der Waals surface area contributed by atoms with Gasteiger partial charge in [0.05, 0.1) is 0 Å². The van der Waals surface area contributed by atoms with E-state index in [0.717, 1.165) is 25.7 Å². The molecule has 3 heteroatoms. The van der Waals surface area contributed by atoms with Crippen LogP contribution in [0.3, 0.4) is 0 Å². The molecule has 1 aliphatic heterocycles. The molecule has 0 unspecified atom stereocenters. The summed E-state index contributed by atoms with van der Waals surface area (Å²) >= 11 is 1.95. The molecule has 1 fully saturated rings. The first-order valence-corrected chi connectivity index (χ1v) is 6.03. The smallest absolute Gasteiger partial charge is 0.0472 e. The molecule has 2 heterocycles. The molecule has 0 amide bonds. The van der Waals surface area contributed by atoms with Gasteiger partial charge in [0.2, 0.25) is 0 Å². The average molecular weight is 211 g/mol. The Morgan fingerprint density at radius 1 is 1.43 bits per heavy atom. The minimum absolute atomic E-state index is 0.749. The summed E-state index contributed by atoms with van der Waals surface area (Å²) in [4.78, 5) is 2.98. The number of ether oxygens (including phenoxy) is 1. The molecule has 1 aliphatic rings. The van der Waals surface area contributed by atoms with Gasteiger partial charge in [0.15, 0.2) is 0 Å². The molecule has 0 atom stereocenters. The third-order valence-electron chi connectivity index (χ3n) is 2.66. The van der Waals surface area contributed by atoms with Crippen molar-refractivity contribution in [1.82, 2.24) is 5.32 Å². The molecule has 2 nitrogen and oxygen atoms in total. The minimum atomic E-state index is 0.749. The van der Waals surface area contributed by atoms with Crippen LogP contribution in [-0.2, 0) is 11.3 Å². The molecule has 2 rings (SSSR count). The van der Waals surface area contributed by atoms with Crippen molar-refractivity contribution in [3.63, 3.8) is 0 Å². The Kier molecular flexibility index (Phi) is 3.56. The standard InChI is InChI=1S/C11H17NOS/c1-12-8-10-2-3-11(14-10)9-4-6-13-7-5-9/h2-3,9,12H,4-8H2,1H3. The summed E-state index contributed by atoms with van der Waals surface area (Å²) in [5, 5.41) is 3.19. The molecule has 0 aliphatic carbocycles. The second kappa shape index (κ2) is 4.91. The van der Waals surface area contributed by atoms with Gasteiger partial charge in [-0.1, -0.05) is 0 Å². The van der Waals surface area contributed by atoms with Gasteiger partial charge in [0, 0.05) is 29.5 Å². The van der Waals surface area contributed by atoms with Crippen LogP contribution in [0.4, 0.5) is 0 Å². The lowest BCUT2D eigenvalue weighted by Gasteiger charge is -2.20. The first-order valence-electron chi connectivity index (χ1n) is 5.21. The number of nitrogens with one attached hydrogen (secondary N) is 1. The van der Waals surface area contributed by atoms with Gasteiger partial charge in [0.1, 0.15) is 0 Å². The lowest BCUT2D eigenvalue weighted by atomic mass is 9.99. The molecule has 0 spiro atoms. The van der Waals surface area contributed by atoms with Crippen molar-refractivity contribution in [2.24, 2.45) is 0 Å². The zero-order valence-corrected chi connectivity index (χ0v) is 9.40. The van der Waals surface area contributed by atoms with Crippen molar-refractivity contribution in [2.75, 3.05) is 20.3 Å². The maximum absolute atomic E-state index is 5.37. The molecule has 14 heavy (non-hydrogen) atoms. The Bertz CT molecular complexity index is 279. The first-order chi connectivity index (χ1) is 6.90. The minimum Gasteiger partial charge on any atom is -0.381 e. The molecule has 78 valence electrons. The zero-order valence-electron chi connectivity index (χ0n) is 8.58. The summed E-state index contributed by atoms with van der Waals surface area (Å²) in [5.74, 6) is 0.749. The van der Waals surface area contributed by atoms with Crippen LogP contribution in [0.5, 0.6) is 0 Å². The van der Waals surface area contributed by atoms with Crippen molar-refractivity contribution < 1.29 is 4.74 Å². The first kappa shape index (κ1) is 10.1. The molecule has 1 saturated heterocycles. The fraction of sp³-hybridized carbons (Fsp3) is 0.636. The highest BCUT2D eigenvalue weighted by Gasteiger charge is 2.17. The van der Waals surface area contributed by atoms with E-state index in [1.165, 1.54) is 17.7 Å². The Labute approximate surface area is 89.3 Å². The summed E-state index contributed by atoms with van der Waals surface area (Å²) in [6, 6.07) is 4.53. The summed E-state index contributed by atoms with van der Waals surface area (Å²) in [6.07, 6.45) is 2.39. The summed E-state index contributed by atoms with van der Waals surface area (Å²) in [7, 11) is 1.99. The van der Waals surface area contributed by atoms with E-state index in [1.54, 1.807) is 4.88 Å². The monoisotopic (exact) mass is 211 g/mol. The number of hydrogen-bond donors (Lipinski definition) is 1. The Balaban J connectivity index is 2.00. The largest absolute Gasteiger partial charge is 0.381 e. The normalized spacial score (nSPS) is 18.6. The Morgan fingerprint density at radius 2 is 2.21 bits per heavy atom. The summed E-state index contributed by atoms with van der Waals surface area (Å²) in [5.41, 5.74) is 0. The van der Waals surface area contributed by atoms with Gasteiger partial charge in [-0.3, -0.25) is 0 Å². The highest BCUT2D eigenvalue weighted by Crippen LogP contribution is 2.32. The Hall–Kier alpha value is -0.380. The van der Waals surface area contributed by atoms with Crippen LogP contribution in [-0.4, -0.2) is 20.3 Å². The van der Waals surface area contributed by atoms with Crippen LogP contribution in [0.1, 0.15) is 28.5 Å². The molecular formula is C11H17NOS. The fourth-order valence-electron chi connectivity index (χ4n) is 1.87. The van der Waals surface area contributed by atoms with E-state index in [4.69, 9.17) is 4.74 Å². The summed E-state index contributed by atoms with van der Waals surface area (Å²) < 4.78 is 5.37. The van der Waals surface area contributed by atoms with E-state index in [1.807, 2.05) is 18.4 Å². The maximum Gasteiger partial charge on any atom is 0.0472 e. The zero-order chi connectivity index (χ0) is 9.80. The SMILES string of the molecule is CNCc1ccc(C2CCOCC2)s1. The van der Waals surface area contributed by atoms with Gasteiger partial charge < -0.3 is 10.1 Å². The van der Waals surface area contributed by atoms with Crippen molar-refractivity contribution >= 4 is 11.3 Å². The molecule has 1 N–H and O–H groups in total. The van der Waals surface area contributed by atoms with Gasteiger partial charge in [-0.05, 0) is 37.9 Å². The second-order valence-electron chi connectivity index (χ2n) is 3.72. The number of rotatable bonds is 3. The average Bonchev–Trinajstić information content (AvgIpc) is 2.68. The van der Waals surface area contributed by atoms with Crippen LogP contribution in [0, 0.1) is 0 Å². The number of thiophene rings is 1. The maximum atomic E-state index is 5.37. The van der Waals surface area contributed by atoms with E-state index in [0.29, 0.717) is 0 Å². The van der Waals surface area contributed by atoms with E-state index >= 15 is 0 Å². The number of hydrogen-bond acceptors (Lipinski definition) is 3. The van der Waals surface area contributed by atoms with Gasteiger partial charge in [0.25, 0.3) is 0 Å². The Morgan fingerprint density at radius 3 is 2.93 bits per heavy atom. The topological polar surface area (TPSA) is 21.3 Å². The van der Waals surface area contributed by atoms with Crippen LogP contribution in [0.15, 0.2) is 12.1 Å². The third kappa shape index (κ3) is 2.35. The second-order valence-corrected chi connectivity index (χ2v) is 4.92. The predicted molar refractivity (Wildman–Crippen MR) is 59.9 cm³/mol. The van der Waals surface area contributed by atoms with Gasteiger partial charge in [-0.25, -0.2) is 0 Å². The van der Waals surface area contributed by atoms with Crippen LogP contribution in [0.25, 0.3) is 0 Å². The van der Waals surface area contributed by atoms with E-state index in [-0.39, 0.29) is 0 Å². The van der Waals surface area contributed by atoms with Crippen LogP contribution < -0.4 is 5.32 Å². The molecule has 0 bridgehead atoms. The molecule has 1 aromatic heterocycles. The van der Waals surface area contributed by atoms with Gasteiger partial charge in [-0.15, -0.1) is 11.3 Å². The predicted octanol–water partition coefficient (Wildman–Crippen LogP) is 2.36. The lowest BCUT2D eigenvalue weighted by Crippen LogP contribution is -2.12. The van der Waals surface area contributed by atoms with E-state index in [9.17, 15) is 0 Å². The third-order valence-corrected chi connectivity index (χ3v) is 3.90. The van der Waals surface area contributed by atoms with Crippen molar-refractivity contribution in [2.45, 2.75) is 25.3 Å². The van der Waals surface area contributed by atoms with E-state index < -0.39 is 0 Å². The van der Waals surface area contributed by atoms with Crippen LogP contribution in [0.2, 0.25) is 0 Å². The highest BCUT2D eigenvalue weighted by atomic mass is 32.1. The molecule has 0 aromatic carbocycles. The quantitative estimate of drug-likeness (QED) is 0.828. The fourth-order valence-corrected chi connectivity index (χ4v) is 3.06. The van der Waals surface area contributed by atoms with Gasteiger partial charge in [-0.2, -0.15) is 0 Å². The van der Waals surface area contributed by atoms with Gasteiger partial charge >= 0.3 is 0 Å². The van der Waals surface area contributed by atoms with Crippen LogP contribution >= 0.6 is 11.3 Å². The van der Waals surface area contributed by atoms with Crippen molar-refractivity contribution in [3.8, 4) is 0 Å². The molecular weight excluding hydrogens is 194 g/mol. The van der Waals surface area contributed by atoms with E-state index in [2.05, 4.69) is 17.4 Å². The molecule has 0 saturated carbocycles. The molecule has 1 aromatic rings.